The fourth-order valence-corrected chi connectivity index (χ4v) is 1.93. The smallest absolute Gasteiger partial charge is 0.239 e. The molecule has 0 saturated heterocycles. The summed E-state index contributed by atoms with van der Waals surface area (Å²) < 4.78 is 0. The average molecular weight is 255 g/mol. The van der Waals surface area contributed by atoms with Crippen LogP contribution in [0.1, 0.15) is 27.2 Å². The van der Waals surface area contributed by atoms with Crippen molar-refractivity contribution in [1.82, 2.24) is 4.90 Å². The maximum atomic E-state index is 11.5. The van der Waals surface area contributed by atoms with Gasteiger partial charge in [0, 0.05) is 13.1 Å². The van der Waals surface area contributed by atoms with Gasteiger partial charge in [-0.15, -0.1) is 12.4 Å². The minimum absolute atomic E-state index is 0. The van der Waals surface area contributed by atoms with Gasteiger partial charge in [-0.1, -0.05) is 6.92 Å². The topological polar surface area (TPSA) is 46.3 Å². The first-order chi connectivity index (χ1) is 6.50. The van der Waals surface area contributed by atoms with Crippen molar-refractivity contribution in [3.63, 3.8) is 0 Å². The highest BCUT2D eigenvalue weighted by atomic mass is 35.5. The summed E-state index contributed by atoms with van der Waals surface area (Å²) in [5, 5.41) is 0. The zero-order valence-corrected chi connectivity index (χ0v) is 11.7. The molecule has 2 atom stereocenters. The quantitative estimate of drug-likeness (QED) is 0.735. The van der Waals surface area contributed by atoms with Gasteiger partial charge in [-0.25, -0.2) is 0 Å². The van der Waals surface area contributed by atoms with Gasteiger partial charge in [0.2, 0.25) is 5.91 Å². The molecule has 0 aromatic carbocycles. The molecule has 0 fully saturated rings. The van der Waals surface area contributed by atoms with Gasteiger partial charge < -0.3 is 10.6 Å². The molecule has 1 unspecified atom stereocenters. The minimum Gasteiger partial charge on any atom is -0.342 e. The maximum Gasteiger partial charge on any atom is 0.239 e. The van der Waals surface area contributed by atoms with Gasteiger partial charge in [0.25, 0.3) is 0 Å². The third-order valence-electron chi connectivity index (χ3n) is 2.28. The summed E-state index contributed by atoms with van der Waals surface area (Å²) in [5.41, 5.74) is 5.53. The van der Waals surface area contributed by atoms with Crippen molar-refractivity contribution in [3.8, 4) is 0 Å². The van der Waals surface area contributed by atoms with Gasteiger partial charge >= 0.3 is 0 Å². The first-order valence-electron chi connectivity index (χ1n) is 5.10. The molecule has 5 heteroatoms. The summed E-state index contributed by atoms with van der Waals surface area (Å²) in [7, 11) is 1.83. The molecule has 0 rings (SSSR count). The minimum atomic E-state index is -0.388. The van der Waals surface area contributed by atoms with Crippen molar-refractivity contribution in [2.75, 3.05) is 18.6 Å². The van der Waals surface area contributed by atoms with Gasteiger partial charge in [-0.05, 0) is 31.8 Å². The molecular formula is C10H23ClN2OS. The molecular weight excluding hydrogens is 232 g/mol. The summed E-state index contributed by atoms with van der Waals surface area (Å²) >= 11 is 1.90. The van der Waals surface area contributed by atoms with Crippen LogP contribution in [0.5, 0.6) is 0 Å². The molecule has 0 saturated carbocycles. The number of carbonyl (C=O) groups excluding carboxylic acids is 1. The second-order valence-corrected chi connectivity index (χ2v) is 4.97. The van der Waals surface area contributed by atoms with Gasteiger partial charge in [0.05, 0.1) is 6.04 Å². The lowest BCUT2D eigenvalue weighted by atomic mass is 10.2. The lowest BCUT2D eigenvalue weighted by molar-refractivity contribution is -0.132. The summed E-state index contributed by atoms with van der Waals surface area (Å²) in [6, 6.07) is -0.103. The number of halogens is 1. The normalized spacial score (nSPS) is 13.9. The zero-order valence-electron chi connectivity index (χ0n) is 10.0. The van der Waals surface area contributed by atoms with Crippen LogP contribution < -0.4 is 5.73 Å². The number of nitrogens with two attached hydrogens (primary N) is 1. The van der Waals surface area contributed by atoms with Crippen LogP contribution >= 0.6 is 24.2 Å². The summed E-state index contributed by atoms with van der Waals surface area (Å²) in [4.78, 5) is 13.3. The molecule has 15 heavy (non-hydrogen) atoms. The van der Waals surface area contributed by atoms with Crippen molar-refractivity contribution in [2.24, 2.45) is 5.73 Å². The third kappa shape index (κ3) is 7.03. The SMILES string of the molecule is CCSCCC(C)N(C)C(=O)[C@H](C)N.Cl. The monoisotopic (exact) mass is 254 g/mol. The van der Waals surface area contributed by atoms with E-state index in [1.54, 1.807) is 11.8 Å². The molecule has 92 valence electrons. The zero-order chi connectivity index (χ0) is 11.1. The van der Waals surface area contributed by atoms with E-state index in [2.05, 4.69) is 13.8 Å². The highest BCUT2D eigenvalue weighted by Crippen LogP contribution is 2.08. The number of likely N-dealkylation sites (N-methyl/N-ethyl adjacent to an activating group) is 1. The molecule has 0 aliphatic carbocycles. The van der Waals surface area contributed by atoms with E-state index in [1.807, 2.05) is 18.8 Å². The van der Waals surface area contributed by atoms with Crippen molar-refractivity contribution in [2.45, 2.75) is 39.3 Å². The molecule has 0 aliphatic rings. The van der Waals surface area contributed by atoms with Crippen LogP contribution in [0.15, 0.2) is 0 Å². The number of amides is 1. The van der Waals surface area contributed by atoms with Gasteiger partial charge in [-0.2, -0.15) is 11.8 Å². The Labute approximate surface area is 104 Å². The standard InChI is InChI=1S/C10H22N2OS.ClH/c1-5-14-7-6-8(2)12(4)10(13)9(3)11;/h8-9H,5-7,11H2,1-4H3;1H/t8?,9-;/m0./s1. The molecule has 1 amide bonds. The molecule has 2 N–H and O–H groups in total. The van der Waals surface area contributed by atoms with Gasteiger partial charge in [0.1, 0.15) is 0 Å². The van der Waals surface area contributed by atoms with E-state index in [0.717, 1.165) is 17.9 Å². The molecule has 0 aliphatic heterocycles. The number of rotatable bonds is 6. The van der Waals surface area contributed by atoms with Crippen molar-refractivity contribution in [1.29, 1.82) is 0 Å². The Balaban J connectivity index is 0. The summed E-state index contributed by atoms with van der Waals surface area (Å²) in [5.74, 6) is 2.27. The summed E-state index contributed by atoms with van der Waals surface area (Å²) in [6.45, 7) is 5.94. The predicted octanol–water partition coefficient (Wildman–Crippen LogP) is 1.75. The van der Waals surface area contributed by atoms with Crippen LogP contribution in [0.4, 0.5) is 0 Å². The largest absolute Gasteiger partial charge is 0.342 e. The fraction of sp³-hybridized carbons (Fsp3) is 0.900. The number of hydrogen-bond acceptors (Lipinski definition) is 3. The Hall–Kier alpha value is 0.0700. The molecule has 0 radical (unpaired) electrons. The van der Waals surface area contributed by atoms with Crippen LogP contribution in [0.25, 0.3) is 0 Å². The molecule has 0 aromatic heterocycles. The van der Waals surface area contributed by atoms with E-state index in [0.29, 0.717) is 0 Å². The van der Waals surface area contributed by atoms with Gasteiger partial charge in [0.15, 0.2) is 0 Å². The highest BCUT2D eigenvalue weighted by molar-refractivity contribution is 7.99. The second-order valence-electron chi connectivity index (χ2n) is 3.57. The Morgan fingerprint density at radius 3 is 2.40 bits per heavy atom. The van der Waals surface area contributed by atoms with Crippen LogP contribution in [0, 0.1) is 0 Å². The Morgan fingerprint density at radius 2 is 2.00 bits per heavy atom. The van der Waals surface area contributed by atoms with Gasteiger partial charge in [-0.3, -0.25) is 4.79 Å². The van der Waals surface area contributed by atoms with E-state index in [9.17, 15) is 4.79 Å². The lowest BCUT2D eigenvalue weighted by Gasteiger charge is -2.26. The molecule has 0 bridgehead atoms. The first kappa shape index (κ1) is 17.5. The third-order valence-corrected chi connectivity index (χ3v) is 3.22. The molecule has 0 spiro atoms. The number of thioether (sulfide) groups is 1. The Morgan fingerprint density at radius 1 is 1.47 bits per heavy atom. The van der Waals surface area contributed by atoms with E-state index in [1.165, 1.54) is 0 Å². The van der Waals surface area contributed by atoms with Crippen LogP contribution in [-0.4, -0.2) is 41.4 Å². The first-order valence-corrected chi connectivity index (χ1v) is 6.26. The van der Waals surface area contributed by atoms with E-state index < -0.39 is 0 Å². The number of hydrogen-bond donors (Lipinski definition) is 1. The lowest BCUT2D eigenvalue weighted by Crippen LogP contribution is -2.44. The van der Waals surface area contributed by atoms with Crippen molar-refractivity contribution >= 4 is 30.1 Å². The molecule has 0 heterocycles. The van der Waals surface area contributed by atoms with E-state index >= 15 is 0 Å². The molecule has 0 aromatic rings. The van der Waals surface area contributed by atoms with Crippen molar-refractivity contribution in [3.05, 3.63) is 0 Å². The number of nitrogens with zero attached hydrogens (tertiary/aromatic N) is 1. The van der Waals surface area contributed by atoms with Crippen LogP contribution in [0.3, 0.4) is 0 Å². The highest BCUT2D eigenvalue weighted by Gasteiger charge is 2.18. The van der Waals surface area contributed by atoms with Crippen LogP contribution in [-0.2, 0) is 4.79 Å². The predicted molar refractivity (Wildman–Crippen MR) is 70.7 cm³/mol. The Kier molecular flexibility index (Phi) is 10.8. The van der Waals surface area contributed by atoms with E-state index in [4.69, 9.17) is 5.73 Å². The molecule has 3 nitrogen and oxygen atoms in total. The summed E-state index contributed by atoms with van der Waals surface area (Å²) in [6.07, 6.45) is 1.04. The second kappa shape index (κ2) is 9.31. The fourth-order valence-electron chi connectivity index (χ4n) is 1.13. The number of carbonyl (C=O) groups is 1. The van der Waals surface area contributed by atoms with Crippen molar-refractivity contribution < 1.29 is 4.79 Å². The average Bonchev–Trinajstić information content (AvgIpc) is 2.15. The van der Waals surface area contributed by atoms with Crippen LogP contribution in [0.2, 0.25) is 0 Å². The maximum absolute atomic E-state index is 11.5. The Bertz CT molecular complexity index is 179. The van der Waals surface area contributed by atoms with E-state index in [-0.39, 0.29) is 30.4 Å².